The van der Waals surface area contributed by atoms with Crippen LogP contribution in [0, 0.1) is 18.3 Å². The van der Waals surface area contributed by atoms with Crippen molar-refractivity contribution < 1.29 is 0 Å². The molecule has 5 heteroatoms. The molecule has 0 saturated heterocycles. The van der Waals surface area contributed by atoms with Gasteiger partial charge in [-0.25, -0.2) is 4.68 Å². The summed E-state index contributed by atoms with van der Waals surface area (Å²) in [5, 5.41) is 11.8. The Balaban J connectivity index is 2.45. The number of nitrogens with one attached hydrogen (secondary N) is 1. The summed E-state index contributed by atoms with van der Waals surface area (Å²) < 4.78 is 1.50. The quantitative estimate of drug-likeness (QED) is 0.758. The van der Waals surface area contributed by atoms with E-state index in [1.54, 1.807) is 18.4 Å². The molecule has 1 aromatic heterocycles. The first-order chi connectivity index (χ1) is 7.61. The molecular formula is C11H12N4O. The number of nitrogens with zero attached hydrogens (tertiary/aromatic N) is 3. The molecule has 1 atom stereocenters. The van der Waals surface area contributed by atoms with E-state index in [4.69, 9.17) is 5.26 Å². The van der Waals surface area contributed by atoms with Gasteiger partial charge >= 0.3 is 0 Å². The van der Waals surface area contributed by atoms with Gasteiger partial charge in [0.25, 0.3) is 5.56 Å². The van der Waals surface area contributed by atoms with E-state index in [1.165, 1.54) is 10.7 Å². The van der Waals surface area contributed by atoms with Gasteiger partial charge in [0.15, 0.2) is 0 Å². The molecule has 1 N–H and O–H groups in total. The van der Waals surface area contributed by atoms with E-state index < -0.39 is 0 Å². The molecular weight excluding hydrogens is 204 g/mol. The fraction of sp³-hybridized carbons (Fsp3) is 0.273. The zero-order valence-corrected chi connectivity index (χ0v) is 9.14. The number of aromatic amines is 1. The smallest absolute Gasteiger partial charge is 0.268 e. The van der Waals surface area contributed by atoms with Gasteiger partial charge in [-0.05, 0) is 19.1 Å². The molecule has 0 spiro atoms. The van der Waals surface area contributed by atoms with Crippen LogP contribution in [-0.2, 0) is 0 Å². The van der Waals surface area contributed by atoms with Crippen molar-refractivity contribution in [2.24, 2.45) is 0 Å². The maximum atomic E-state index is 11.6. The van der Waals surface area contributed by atoms with E-state index in [1.807, 2.05) is 18.9 Å². The zero-order valence-electron chi connectivity index (χ0n) is 9.14. The molecule has 2 heterocycles. The van der Waals surface area contributed by atoms with E-state index in [0.29, 0.717) is 5.57 Å². The molecule has 1 unspecified atom stereocenters. The number of allylic oxidation sites excluding steroid dienone is 2. The van der Waals surface area contributed by atoms with Gasteiger partial charge in [-0.3, -0.25) is 9.89 Å². The average Bonchev–Trinajstić information content (AvgIpc) is 2.58. The van der Waals surface area contributed by atoms with E-state index in [2.05, 4.69) is 11.2 Å². The topological polar surface area (TPSA) is 64.8 Å². The predicted molar refractivity (Wildman–Crippen MR) is 59.4 cm³/mol. The van der Waals surface area contributed by atoms with Crippen LogP contribution in [0.15, 0.2) is 34.8 Å². The van der Waals surface area contributed by atoms with E-state index >= 15 is 0 Å². The second kappa shape index (κ2) is 3.74. The molecule has 0 aromatic carbocycles. The molecule has 0 aliphatic carbocycles. The van der Waals surface area contributed by atoms with Gasteiger partial charge in [0.2, 0.25) is 0 Å². The van der Waals surface area contributed by atoms with Crippen LogP contribution in [-0.4, -0.2) is 21.7 Å². The lowest BCUT2D eigenvalue weighted by Gasteiger charge is -2.27. The normalized spacial score (nSPS) is 19.4. The third kappa shape index (κ3) is 1.65. The predicted octanol–water partition coefficient (Wildman–Crippen LogP) is 0.892. The van der Waals surface area contributed by atoms with Gasteiger partial charge in [-0.2, -0.15) is 5.26 Å². The highest BCUT2D eigenvalue weighted by atomic mass is 16.1. The van der Waals surface area contributed by atoms with Gasteiger partial charge in [0.05, 0.1) is 11.6 Å². The van der Waals surface area contributed by atoms with Crippen molar-refractivity contribution in [3.05, 3.63) is 46.0 Å². The average molecular weight is 216 g/mol. The molecule has 16 heavy (non-hydrogen) atoms. The van der Waals surface area contributed by atoms with Crippen LogP contribution in [0.25, 0.3) is 0 Å². The summed E-state index contributed by atoms with van der Waals surface area (Å²) in [7, 11) is 1.86. The van der Waals surface area contributed by atoms with E-state index in [0.717, 1.165) is 5.69 Å². The number of hydrogen-bond donors (Lipinski definition) is 1. The van der Waals surface area contributed by atoms with Gasteiger partial charge < -0.3 is 4.90 Å². The molecule has 0 amide bonds. The highest BCUT2D eigenvalue weighted by Gasteiger charge is 2.18. The van der Waals surface area contributed by atoms with Gasteiger partial charge in [0.1, 0.15) is 6.17 Å². The maximum absolute atomic E-state index is 11.6. The Labute approximate surface area is 92.9 Å². The van der Waals surface area contributed by atoms with Crippen LogP contribution in [0.1, 0.15) is 11.9 Å². The largest absolute Gasteiger partial charge is 0.356 e. The highest BCUT2D eigenvalue weighted by molar-refractivity contribution is 5.35. The molecule has 0 fully saturated rings. The molecule has 0 bridgehead atoms. The van der Waals surface area contributed by atoms with Crippen molar-refractivity contribution in [1.82, 2.24) is 14.7 Å². The first kappa shape index (κ1) is 10.3. The number of nitriles is 1. The van der Waals surface area contributed by atoms with E-state index in [-0.39, 0.29) is 11.7 Å². The standard InChI is InChI=1S/C11H12N4O/c1-8-5-11(16)15(13-8)10-6-9(7-12)3-4-14(10)2/h3-6,10,13H,1-2H3. The SMILES string of the molecule is Cc1cc(=O)n(C2C=C(C#N)C=CN2C)[nH]1. The number of rotatable bonds is 1. The molecule has 0 saturated carbocycles. The lowest BCUT2D eigenvalue weighted by molar-refractivity contribution is 0.271. The lowest BCUT2D eigenvalue weighted by Crippen LogP contribution is -2.32. The Bertz CT molecular complexity index is 555. The lowest BCUT2D eigenvalue weighted by atomic mass is 10.2. The Hall–Kier alpha value is -2.22. The van der Waals surface area contributed by atoms with Crippen LogP contribution < -0.4 is 5.56 Å². The van der Waals surface area contributed by atoms with Crippen LogP contribution >= 0.6 is 0 Å². The van der Waals surface area contributed by atoms with Crippen molar-refractivity contribution in [3.8, 4) is 6.07 Å². The Morgan fingerprint density at radius 3 is 2.88 bits per heavy atom. The van der Waals surface area contributed by atoms with Crippen molar-refractivity contribution in [2.45, 2.75) is 13.1 Å². The number of hydrogen-bond acceptors (Lipinski definition) is 3. The molecule has 1 aromatic rings. The number of H-pyrrole nitrogens is 1. The molecule has 82 valence electrons. The van der Waals surface area contributed by atoms with Crippen molar-refractivity contribution in [2.75, 3.05) is 7.05 Å². The number of aryl methyl sites for hydroxylation is 1. The molecule has 1 aliphatic heterocycles. The summed E-state index contributed by atoms with van der Waals surface area (Å²) in [6.45, 7) is 1.82. The third-order valence-electron chi connectivity index (χ3n) is 2.50. The minimum atomic E-state index is -0.263. The van der Waals surface area contributed by atoms with Crippen LogP contribution in [0.5, 0.6) is 0 Å². The number of likely N-dealkylation sites (N-methyl/N-ethyl adjacent to an activating group) is 1. The first-order valence-corrected chi connectivity index (χ1v) is 4.92. The Morgan fingerprint density at radius 2 is 2.31 bits per heavy atom. The summed E-state index contributed by atoms with van der Waals surface area (Å²) in [5.41, 5.74) is 1.26. The van der Waals surface area contributed by atoms with Crippen LogP contribution in [0.2, 0.25) is 0 Å². The molecule has 2 rings (SSSR count). The van der Waals surface area contributed by atoms with Crippen LogP contribution in [0.3, 0.4) is 0 Å². The van der Waals surface area contributed by atoms with E-state index in [9.17, 15) is 4.79 Å². The van der Waals surface area contributed by atoms with Crippen molar-refractivity contribution in [1.29, 1.82) is 5.26 Å². The van der Waals surface area contributed by atoms with Crippen molar-refractivity contribution in [3.63, 3.8) is 0 Å². The molecule has 0 radical (unpaired) electrons. The second-order valence-corrected chi connectivity index (χ2v) is 3.78. The fourth-order valence-electron chi connectivity index (χ4n) is 1.68. The zero-order chi connectivity index (χ0) is 11.7. The monoisotopic (exact) mass is 216 g/mol. The van der Waals surface area contributed by atoms with Crippen molar-refractivity contribution >= 4 is 0 Å². The number of aromatic nitrogens is 2. The Kier molecular flexibility index (Phi) is 2.41. The van der Waals surface area contributed by atoms with Gasteiger partial charge in [-0.15, -0.1) is 0 Å². The van der Waals surface area contributed by atoms with Gasteiger partial charge in [-0.1, -0.05) is 0 Å². The second-order valence-electron chi connectivity index (χ2n) is 3.78. The summed E-state index contributed by atoms with van der Waals surface area (Å²) in [4.78, 5) is 13.5. The minimum Gasteiger partial charge on any atom is -0.356 e. The Morgan fingerprint density at radius 1 is 1.56 bits per heavy atom. The van der Waals surface area contributed by atoms with Gasteiger partial charge in [0, 0.05) is 25.0 Å². The third-order valence-corrected chi connectivity index (χ3v) is 2.50. The van der Waals surface area contributed by atoms with Crippen LogP contribution in [0.4, 0.5) is 0 Å². The molecule has 5 nitrogen and oxygen atoms in total. The summed E-state index contributed by atoms with van der Waals surface area (Å²) >= 11 is 0. The molecule has 1 aliphatic rings. The highest BCUT2D eigenvalue weighted by Crippen LogP contribution is 2.18. The summed E-state index contributed by atoms with van der Waals surface area (Å²) in [6.07, 6.45) is 4.99. The summed E-state index contributed by atoms with van der Waals surface area (Å²) in [6, 6.07) is 3.60. The minimum absolute atomic E-state index is 0.0989. The fourth-order valence-corrected chi connectivity index (χ4v) is 1.68. The summed E-state index contributed by atoms with van der Waals surface area (Å²) in [5.74, 6) is 0. The maximum Gasteiger partial charge on any atom is 0.268 e. The first-order valence-electron chi connectivity index (χ1n) is 4.92.